The maximum Gasteiger partial charge on any atom is 0.191 e. The molecule has 0 heterocycles. The minimum atomic E-state index is 0. The molecule has 0 amide bonds. The number of nitrogens with one attached hydrogen (secondary N) is 2. The van der Waals surface area contributed by atoms with Crippen LogP contribution in [0.4, 0.5) is 0 Å². The van der Waals surface area contributed by atoms with Gasteiger partial charge in [0.25, 0.3) is 0 Å². The Morgan fingerprint density at radius 1 is 1.24 bits per heavy atom. The van der Waals surface area contributed by atoms with Gasteiger partial charge < -0.3 is 15.4 Å². The topological polar surface area (TPSA) is 45.7 Å². The first-order chi connectivity index (χ1) is 9.61. The monoisotopic (exact) mass is 405 g/mol. The fourth-order valence-electron chi connectivity index (χ4n) is 1.74. The van der Waals surface area contributed by atoms with Crippen molar-refractivity contribution >= 4 is 29.9 Å². The lowest BCUT2D eigenvalue weighted by Gasteiger charge is -2.13. The molecule has 0 radical (unpaired) electrons. The first kappa shape index (κ1) is 20.0. The average molecular weight is 405 g/mol. The summed E-state index contributed by atoms with van der Waals surface area (Å²) in [6.45, 7) is 8.78. The number of nitrogens with zero attached hydrogens (tertiary/aromatic N) is 1. The molecule has 1 aromatic carbocycles. The van der Waals surface area contributed by atoms with Gasteiger partial charge >= 0.3 is 0 Å². The molecule has 0 bridgehead atoms. The van der Waals surface area contributed by atoms with Crippen molar-refractivity contribution in [3.63, 3.8) is 0 Å². The summed E-state index contributed by atoms with van der Waals surface area (Å²) in [5.41, 5.74) is 1.21. The summed E-state index contributed by atoms with van der Waals surface area (Å²) in [5.74, 6) is 2.44. The van der Waals surface area contributed by atoms with Crippen LogP contribution in [-0.2, 0) is 0 Å². The number of rotatable bonds is 7. The van der Waals surface area contributed by atoms with Crippen molar-refractivity contribution in [2.24, 2.45) is 10.9 Å². The summed E-state index contributed by atoms with van der Waals surface area (Å²) in [6, 6.07) is 8.08. The summed E-state index contributed by atoms with van der Waals surface area (Å²) in [6.07, 6.45) is 1.14. The van der Waals surface area contributed by atoms with Crippen LogP contribution in [0.2, 0.25) is 0 Å². The van der Waals surface area contributed by atoms with E-state index in [1.165, 1.54) is 5.56 Å². The summed E-state index contributed by atoms with van der Waals surface area (Å²) >= 11 is 0. The number of aryl methyl sites for hydroxylation is 1. The van der Waals surface area contributed by atoms with Crippen molar-refractivity contribution in [3.05, 3.63) is 29.8 Å². The number of halogens is 1. The lowest BCUT2D eigenvalue weighted by Crippen LogP contribution is -2.39. The second kappa shape index (κ2) is 11.7. The molecule has 120 valence electrons. The van der Waals surface area contributed by atoms with Gasteiger partial charge in [-0.25, -0.2) is 0 Å². The predicted molar refractivity (Wildman–Crippen MR) is 101 cm³/mol. The first-order valence-corrected chi connectivity index (χ1v) is 7.26. The van der Waals surface area contributed by atoms with Crippen LogP contribution in [0.5, 0.6) is 5.75 Å². The maximum atomic E-state index is 5.68. The van der Waals surface area contributed by atoms with Crippen LogP contribution in [0.1, 0.15) is 25.8 Å². The molecule has 1 rings (SSSR count). The standard InChI is InChI=1S/C16H27N3O.HI/c1-13(2)8-9-18-16(17-4)19-10-11-20-15-7-5-6-14(3)12-15;/h5-7,12-13H,8-11H2,1-4H3,(H2,17,18,19);1H. The summed E-state index contributed by atoms with van der Waals surface area (Å²) < 4.78 is 5.68. The van der Waals surface area contributed by atoms with Crippen LogP contribution in [0, 0.1) is 12.8 Å². The van der Waals surface area contributed by atoms with Crippen LogP contribution in [0.3, 0.4) is 0 Å². The van der Waals surface area contributed by atoms with Gasteiger partial charge in [-0.05, 0) is 37.0 Å². The minimum absolute atomic E-state index is 0. The van der Waals surface area contributed by atoms with Gasteiger partial charge in [-0.1, -0.05) is 26.0 Å². The number of ether oxygens (including phenoxy) is 1. The zero-order valence-corrected chi connectivity index (χ0v) is 15.8. The molecular weight excluding hydrogens is 377 g/mol. The number of aliphatic imine (C=N–C) groups is 1. The molecule has 0 aromatic heterocycles. The lowest BCUT2D eigenvalue weighted by atomic mass is 10.1. The smallest absolute Gasteiger partial charge is 0.191 e. The zero-order chi connectivity index (χ0) is 14.8. The SMILES string of the molecule is CN=C(NCCOc1cccc(C)c1)NCCC(C)C.I. The molecule has 0 spiro atoms. The Morgan fingerprint density at radius 3 is 2.57 bits per heavy atom. The second-order valence-corrected chi connectivity index (χ2v) is 5.27. The Kier molecular flexibility index (Phi) is 11.1. The minimum Gasteiger partial charge on any atom is -0.492 e. The molecule has 0 aliphatic rings. The number of hydrogen-bond acceptors (Lipinski definition) is 2. The largest absolute Gasteiger partial charge is 0.492 e. The zero-order valence-electron chi connectivity index (χ0n) is 13.5. The third kappa shape index (κ3) is 9.55. The molecule has 0 aliphatic heterocycles. The van der Waals surface area contributed by atoms with Gasteiger partial charge in [0.05, 0.1) is 6.54 Å². The average Bonchev–Trinajstić information content (AvgIpc) is 2.41. The molecule has 0 unspecified atom stereocenters. The number of benzene rings is 1. The Labute approximate surface area is 145 Å². The molecule has 21 heavy (non-hydrogen) atoms. The van der Waals surface area contributed by atoms with Gasteiger partial charge in [0.1, 0.15) is 12.4 Å². The summed E-state index contributed by atoms with van der Waals surface area (Å²) in [4.78, 5) is 4.18. The first-order valence-electron chi connectivity index (χ1n) is 7.26. The molecule has 4 nitrogen and oxygen atoms in total. The fourth-order valence-corrected chi connectivity index (χ4v) is 1.74. The van der Waals surface area contributed by atoms with Crippen molar-refractivity contribution in [2.75, 3.05) is 26.7 Å². The Balaban J connectivity index is 0.00000400. The van der Waals surface area contributed by atoms with E-state index in [0.717, 1.165) is 31.2 Å². The Hall–Kier alpha value is -0.980. The molecule has 0 saturated carbocycles. The highest BCUT2D eigenvalue weighted by molar-refractivity contribution is 14.0. The molecule has 5 heteroatoms. The molecule has 2 N–H and O–H groups in total. The van der Waals surface area contributed by atoms with E-state index in [2.05, 4.69) is 42.5 Å². The van der Waals surface area contributed by atoms with Gasteiger partial charge in [0.15, 0.2) is 5.96 Å². The van der Waals surface area contributed by atoms with Crippen LogP contribution in [0.15, 0.2) is 29.3 Å². The third-order valence-corrected chi connectivity index (χ3v) is 2.89. The van der Waals surface area contributed by atoms with E-state index in [4.69, 9.17) is 4.74 Å². The van der Waals surface area contributed by atoms with Crippen LogP contribution in [0.25, 0.3) is 0 Å². The molecular formula is C16H28IN3O. The third-order valence-electron chi connectivity index (χ3n) is 2.89. The van der Waals surface area contributed by atoms with Crippen molar-refractivity contribution < 1.29 is 4.74 Å². The van der Waals surface area contributed by atoms with E-state index < -0.39 is 0 Å². The van der Waals surface area contributed by atoms with Crippen LogP contribution >= 0.6 is 24.0 Å². The molecule has 0 aliphatic carbocycles. The van der Waals surface area contributed by atoms with Gasteiger partial charge in [0.2, 0.25) is 0 Å². The predicted octanol–water partition coefficient (Wildman–Crippen LogP) is 3.20. The van der Waals surface area contributed by atoms with E-state index in [0.29, 0.717) is 12.5 Å². The highest BCUT2D eigenvalue weighted by Crippen LogP contribution is 2.11. The Bertz CT molecular complexity index is 422. The fraction of sp³-hybridized carbons (Fsp3) is 0.562. The van der Waals surface area contributed by atoms with E-state index in [1.54, 1.807) is 7.05 Å². The van der Waals surface area contributed by atoms with Crippen LogP contribution in [-0.4, -0.2) is 32.7 Å². The highest BCUT2D eigenvalue weighted by Gasteiger charge is 1.99. The van der Waals surface area contributed by atoms with E-state index in [-0.39, 0.29) is 24.0 Å². The quantitative estimate of drug-likeness (QED) is 0.317. The van der Waals surface area contributed by atoms with Crippen molar-refractivity contribution in [1.82, 2.24) is 10.6 Å². The molecule has 0 fully saturated rings. The van der Waals surface area contributed by atoms with E-state index in [9.17, 15) is 0 Å². The number of hydrogen-bond donors (Lipinski definition) is 2. The highest BCUT2D eigenvalue weighted by atomic mass is 127. The second-order valence-electron chi connectivity index (χ2n) is 5.27. The Morgan fingerprint density at radius 2 is 1.95 bits per heavy atom. The van der Waals surface area contributed by atoms with E-state index in [1.807, 2.05) is 18.2 Å². The lowest BCUT2D eigenvalue weighted by molar-refractivity contribution is 0.321. The van der Waals surface area contributed by atoms with Crippen molar-refractivity contribution in [3.8, 4) is 5.75 Å². The normalized spacial score (nSPS) is 11.0. The number of guanidine groups is 1. The maximum absolute atomic E-state index is 5.68. The summed E-state index contributed by atoms with van der Waals surface area (Å²) in [7, 11) is 1.78. The van der Waals surface area contributed by atoms with E-state index >= 15 is 0 Å². The van der Waals surface area contributed by atoms with Gasteiger partial charge in [-0.2, -0.15) is 0 Å². The van der Waals surface area contributed by atoms with Gasteiger partial charge in [0, 0.05) is 13.6 Å². The van der Waals surface area contributed by atoms with Crippen molar-refractivity contribution in [1.29, 1.82) is 0 Å². The molecule has 0 saturated heterocycles. The van der Waals surface area contributed by atoms with Gasteiger partial charge in [-0.3, -0.25) is 4.99 Å². The van der Waals surface area contributed by atoms with Crippen LogP contribution < -0.4 is 15.4 Å². The van der Waals surface area contributed by atoms with Gasteiger partial charge in [-0.15, -0.1) is 24.0 Å². The molecule has 0 atom stereocenters. The van der Waals surface area contributed by atoms with Crippen molar-refractivity contribution in [2.45, 2.75) is 27.2 Å². The summed E-state index contributed by atoms with van der Waals surface area (Å²) in [5, 5.41) is 6.53. The molecule has 1 aromatic rings.